The summed E-state index contributed by atoms with van der Waals surface area (Å²) in [4.78, 5) is 28.5. The summed E-state index contributed by atoms with van der Waals surface area (Å²) in [6.07, 6.45) is 5.13. The summed E-state index contributed by atoms with van der Waals surface area (Å²) in [6, 6.07) is 5.36. The minimum absolute atomic E-state index is 0.127. The Kier molecular flexibility index (Phi) is 6.19. The van der Waals surface area contributed by atoms with E-state index in [2.05, 4.69) is 30.6 Å². The van der Waals surface area contributed by atoms with Gasteiger partial charge in [0.1, 0.15) is 5.82 Å². The number of carbonyl (C=O) groups excluding carboxylic acids is 1. The first-order valence-corrected chi connectivity index (χ1v) is 9.16. The van der Waals surface area contributed by atoms with Crippen molar-refractivity contribution in [3.63, 3.8) is 0 Å². The fourth-order valence-corrected chi connectivity index (χ4v) is 2.72. The Morgan fingerprint density at radius 1 is 1.26 bits per heavy atom. The quantitative estimate of drug-likeness (QED) is 0.501. The van der Waals surface area contributed by atoms with Crippen LogP contribution in [0.3, 0.4) is 0 Å². The molecule has 0 saturated carbocycles. The van der Waals surface area contributed by atoms with Crippen LogP contribution >= 0.6 is 0 Å². The average Bonchev–Trinajstić information content (AvgIpc) is 3.18. The SMILES string of the molecule is CCNc1nc(OCC)c2ccc(C(=O)NCCCc3ncc[nH]3)cc2n1. The summed E-state index contributed by atoms with van der Waals surface area (Å²) >= 11 is 0. The van der Waals surface area contributed by atoms with Crippen LogP contribution < -0.4 is 15.4 Å². The van der Waals surface area contributed by atoms with E-state index in [1.54, 1.807) is 24.5 Å². The molecule has 8 heteroatoms. The van der Waals surface area contributed by atoms with Crippen molar-refractivity contribution in [2.45, 2.75) is 26.7 Å². The van der Waals surface area contributed by atoms with E-state index >= 15 is 0 Å². The molecule has 27 heavy (non-hydrogen) atoms. The van der Waals surface area contributed by atoms with Crippen molar-refractivity contribution in [1.82, 2.24) is 25.3 Å². The average molecular weight is 368 g/mol. The fraction of sp³-hybridized carbons (Fsp3) is 0.368. The van der Waals surface area contributed by atoms with E-state index in [0.717, 1.165) is 24.1 Å². The number of fused-ring (bicyclic) bond motifs is 1. The van der Waals surface area contributed by atoms with Crippen LogP contribution in [0.4, 0.5) is 5.95 Å². The Bertz CT molecular complexity index is 895. The summed E-state index contributed by atoms with van der Waals surface area (Å²) in [5.74, 6) is 1.80. The number of nitrogens with zero attached hydrogens (tertiary/aromatic N) is 3. The topological polar surface area (TPSA) is 105 Å². The second kappa shape index (κ2) is 8.98. The van der Waals surface area contributed by atoms with Gasteiger partial charge in [-0.3, -0.25) is 4.79 Å². The molecule has 0 bridgehead atoms. The van der Waals surface area contributed by atoms with E-state index in [4.69, 9.17) is 4.74 Å². The Balaban J connectivity index is 1.71. The van der Waals surface area contributed by atoms with Crippen LogP contribution in [0.15, 0.2) is 30.6 Å². The molecule has 8 nitrogen and oxygen atoms in total. The van der Waals surface area contributed by atoms with Crippen LogP contribution in [0, 0.1) is 0 Å². The third-order valence-electron chi connectivity index (χ3n) is 3.97. The van der Waals surface area contributed by atoms with Crippen molar-refractivity contribution in [3.05, 3.63) is 42.0 Å². The van der Waals surface area contributed by atoms with Crippen molar-refractivity contribution < 1.29 is 9.53 Å². The number of hydrogen-bond donors (Lipinski definition) is 3. The molecule has 0 aliphatic heterocycles. The summed E-state index contributed by atoms with van der Waals surface area (Å²) in [5, 5.41) is 6.81. The molecular weight excluding hydrogens is 344 g/mol. The van der Waals surface area contributed by atoms with Crippen molar-refractivity contribution in [3.8, 4) is 5.88 Å². The summed E-state index contributed by atoms with van der Waals surface area (Å²) in [7, 11) is 0. The van der Waals surface area contributed by atoms with Crippen molar-refractivity contribution >= 4 is 22.8 Å². The molecule has 0 saturated heterocycles. The van der Waals surface area contributed by atoms with E-state index in [9.17, 15) is 4.79 Å². The van der Waals surface area contributed by atoms with Gasteiger partial charge >= 0.3 is 0 Å². The minimum atomic E-state index is -0.127. The highest BCUT2D eigenvalue weighted by molar-refractivity contribution is 5.98. The molecule has 1 aromatic carbocycles. The van der Waals surface area contributed by atoms with Gasteiger partial charge in [0.25, 0.3) is 5.91 Å². The molecule has 0 spiro atoms. The first-order chi connectivity index (χ1) is 13.2. The molecule has 0 unspecified atom stereocenters. The van der Waals surface area contributed by atoms with Gasteiger partial charge in [0.2, 0.25) is 11.8 Å². The summed E-state index contributed by atoms with van der Waals surface area (Å²) < 4.78 is 5.62. The van der Waals surface area contributed by atoms with Gasteiger partial charge in [0.05, 0.1) is 17.5 Å². The van der Waals surface area contributed by atoms with E-state index in [1.165, 1.54) is 0 Å². The third kappa shape index (κ3) is 4.72. The molecule has 3 aromatic rings. The molecule has 3 N–H and O–H groups in total. The maximum atomic E-state index is 12.4. The van der Waals surface area contributed by atoms with Gasteiger partial charge in [-0.25, -0.2) is 9.97 Å². The lowest BCUT2D eigenvalue weighted by atomic mass is 10.1. The number of carbonyl (C=O) groups is 1. The molecule has 0 radical (unpaired) electrons. The molecule has 0 fully saturated rings. The van der Waals surface area contributed by atoms with Crippen LogP contribution in [-0.4, -0.2) is 45.5 Å². The predicted molar refractivity (Wildman–Crippen MR) is 104 cm³/mol. The molecule has 3 rings (SSSR count). The highest BCUT2D eigenvalue weighted by atomic mass is 16.5. The molecule has 0 aliphatic rings. The maximum absolute atomic E-state index is 12.4. The number of ether oxygens (including phenoxy) is 1. The zero-order chi connectivity index (χ0) is 19.1. The molecule has 142 valence electrons. The number of aryl methyl sites for hydroxylation is 1. The van der Waals surface area contributed by atoms with E-state index in [1.807, 2.05) is 19.9 Å². The van der Waals surface area contributed by atoms with Crippen LogP contribution in [-0.2, 0) is 6.42 Å². The number of rotatable bonds is 9. The molecule has 0 aliphatic carbocycles. The number of hydrogen-bond acceptors (Lipinski definition) is 6. The fourth-order valence-electron chi connectivity index (χ4n) is 2.72. The number of imidazole rings is 1. The van der Waals surface area contributed by atoms with Gasteiger partial charge in [-0.05, 0) is 38.5 Å². The predicted octanol–water partition coefficient (Wildman–Crippen LogP) is 2.55. The molecular formula is C19H24N6O2. The zero-order valence-electron chi connectivity index (χ0n) is 15.6. The number of aromatic nitrogens is 4. The van der Waals surface area contributed by atoms with Gasteiger partial charge in [-0.2, -0.15) is 4.98 Å². The molecule has 2 aromatic heterocycles. The summed E-state index contributed by atoms with van der Waals surface area (Å²) in [5.41, 5.74) is 1.23. The summed E-state index contributed by atoms with van der Waals surface area (Å²) in [6.45, 7) is 5.67. The number of benzene rings is 1. The maximum Gasteiger partial charge on any atom is 0.251 e. The zero-order valence-corrected chi connectivity index (χ0v) is 15.6. The van der Waals surface area contributed by atoms with Gasteiger partial charge in [-0.1, -0.05) is 0 Å². The highest BCUT2D eigenvalue weighted by Gasteiger charge is 2.12. The van der Waals surface area contributed by atoms with Gasteiger partial charge in [0, 0.05) is 37.5 Å². The number of nitrogens with one attached hydrogen (secondary N) is 3. The first kappa shape index (κ1) is 18.6. The highest BCUT2D eigenvalue weighted by Crippen LogP contribution is 2.25. The Hall–Kier alpha value is -3.16. The van der Waals surface area contributed by atoms with E-state index in [0.29, 0.717) is 42.6 Å². The van der Waals surface area contributed by atoms with Gasteiger partial charge in [-0.15, -0.1) is 0 Å². The van der Waals surface area contributed by atoms with Gasteiger partial charge < -0.3 is 20.4 Å². The molecule has 1 amide bonds. The number of H-pyrrole nitrogens is 1. The van der Waals surface area contributed by atoms with Crippen LogP contribution in [0.25, 0.3) is 10.9 Å². The normalized spacial score (nSPS) is 10.7. The lowest BCUT2D eigenvalue weighted by Gasteiger charge is -2.11. The second-order valence-corrected chi connectivity index (χ2v) is 5.94. The third-order valence-corrected chi connectivity index (χ3v) is 3.97. The van der Waals surface area contributed by atoms with Crippen LogP contribution in [0.1, 0.15) is 36.5 Å². The molecule has 2 heterocycles. The lowest BCUT2D eigenvalue weighted by Crippen LogP contribution is -2.24. The van der Waals surface area contributed by atoms with Crippen LogP contribution in [0.5, 0.6) is 5.88 Å². The van der Waals surface area contributed by atoms with E-state index < -0.39 is 0 Å². The Morgan fingerprint density at radius 3 is 2.89 bits per heavy atom. The number of amides is 1. The standard InChI is InChI=1S/C19H24N6O2/c1-3-20-19-24-15-12-13(7-8-14(15)18(25-19)27-4-2)17(26)23-9-5-6-16-21-10-11-22-16/h7-8,10-12H,3-6,9H2,1-2H3,(H,21,22)(H,23,26)(H,20,24,25). The Labute approximate surface area is 157 Å². The van der Waals surface area contributed by atoms with Gasteiger partial charge in [0.15, 0.2) is 0 Å². The number of anilines is 1. The largest absolute Gasteiger partial charge is 0.477 e. The lowest BCUT2D eigenvalue weighted by molar-refractivity contribution is 0.0953. The van der Waals surface area contributed by atoms with Crippen LogP contribution in [0.2, 0.25) is 0 Å². The monoisotopic (exact) mass is 368 g/mol. The molecule has 0 atom stereocenters. The second-order valence-electron chi connectivity index (χ2n) is 5.94. The minimum Gasteiger partial charge on any atom is -0.477 e. The first-order valence-electron chi connectivity index (χ1n) is 9.16. The smallest absolute Gasteiger partial charge is 0.251 e. The van der Waals surface area contributed by atoms with Crippen molar-refractivity contribution in [2.75, 3.05) is 25.0 Å². The number of aromatic amines is 1. The van der Waals surface area contributed by atoms with E-state index in [-0.39, 0.29) is 5.91 Å². The Morgan fingerprint density at radius 2 is 2.15 bits per heavy atom. The van der Waals surface area contributed by atoms with Crippen molar-refractivity contribution in [2.24, 2.45) is 0 Å². The van der Waals surface area contributed by atoms with Crippen molar-refractivity contribution in [1.29, 1.82) is 0 Å².